The lowest BCUT2D eigenvalue weighted by Gasteiger charge is -2.30. The second-order valence-corrected chi connectivity index (χ2v) is 5.42. The first-order chi connectivity index (χ1) is 8.61. The molecular weight excluding hydrogens is 250 g/mol. The number of nitrogens with two attached hydrogens (primary N) is 1. The summed E-state index contributed by atoms with van der Waals surface area (Å²) in [5.41, 5.74) is 7.30. The van der Waals surface area contributed by atoms with Gasteiger partial charge < -0.3 is 15.6 Å². The van der Waals surface area contributed by atoms with Gasteiger partial charge in [0, 0.05) is 16.6 Å². The lowest BCUT2D eigenvalue weighted by atomic mass is 9.80. The molecule has 0 aliphatic heterocycles. The average molecular weight is 270 g/mol. The molecule has 1 fully saturated rings. The fourth-order valence-corrected chi connectivity index (χ4v) is 2.86. The van der Waals surface area contributed by atoms with Gasteiger partial charge in [-0.25, -0.2) is 0 Å². The first kappa shape index (κ1) is 13.7. The second-order valence-electron chi connectivity index (χ2n) is 4.98. The molecule has 1 aliphatic rings. The average Bonchev–Trinajstić information content (AvgIpc) is 2.39. The van der Waals surface area contributed by atoms with E-state index >= 15 is 0 Å². The molecule has 0 radical (unpaired) electrons. The van der Waals surface area contributed by atoms with Crippen LogP contribution in [0.2, 0.25) is 5.02 Å². The zero-order valence-electron chi connectivity index (χ0n) is 10.6. The fraction of sp³-hybridized carbons (Fsp3) is 0.571. The van der Waals surface area contributed by atoms with Crippen LogP contribution in [0.15, 0.2) is 18.2 Å². The van der Waals surface area contributed by atoms with Crippen molar-refractivity contribution < 1.29 is 9.84 Å². The highest BCUT2D eigenvalue weighted by atomic mass is 35.5. The molecule has 2 rings (SSSR count). The smallest absolute Gasteiger partial charge is 0.123 e. The van der Waals surface area contributed by atoms with Gasteiger partial charge in [0.05, 0.1) is 13.2 Å². The van der Waals surface area contributed by atoms with Crippen LogP contribution in [0.5, 0.6) is 5.75 Å². The predicted molar refractivity (Wildman–Crippen MR) is 72.9 cm³/mol. The summed E-state index contributed by atoms with van der Waals surface area (Å²) in [5, 5.41) is 10.2. The van der Waals surface area contributed by atoms with Crippen LogP contribution in [-0.4, -0.2) is 18.3 Å². The van der Waals surface area contributed by atoms with Gasteiger partial charge in [0.1, 0.15) is 5.75 Å². The van der Waals surface area contributed by atoms with Crippen LogP contribution in [0.1, 0.15) is 37.3 Å². The molecule has 1 unspecified atom stereocenters. The van der Waals surface area contributed by atoms with E-state index in [0.29, 0.717) is 10.9 Å². The Hall–Kier alpha value is -0.770. The Balaban J connectivity index is 2.17. The Morgan fingerprint density at radius 2 is 2.00 bits per heavy atom. The van der Waals surface area contributed by atoms with Crippen molar-refractivity contribution in [1.29, 1.82) is 0 Å². The minimum atomic E-state index is -0.158. The number of halogens is 1. The summed E-state index contributed by atoms with van der Waals surface area (Å²) in [6.07, 6.45) is 3.42. The molecule has 0 spiro atoms. The molecule has 0 bridgehead atoms. The summed E-state index contributed by atoms with van der Waals surface area (Å²) < 4.78 is 5.35. The Morgan fingerprint density at radius 1 is 1.33 bits per heavy atom. The monoisotopic (exact) mass is 269 g/mol. The third-order valence-corrected chi connectivity index (χ3v) is 4.04. The molecule has 0 saturated heterocycles. The van der Waals surface area contributed by atoms with E-state index in [1.165, 1.54) is 0 Å². The summed E-state index contributed by atoms with van der Waals surface area (Å²) in [5.74, 6) is 1.18. The van der Waals surface area contributed by atoms with E-state index in [9.17, 15) is 5.11 Å². The number of hydrogen-bond donors (Lipinski definition) is 2. The molecule has 4 heteroatoms. The number of aliphatic hydroxyl groups is 1. The lowest BCUT2D eigenvalue weighted by Crippen LogP contribution is -2.28. The summed E-state index contributed by atoms with van der Waals surface area (Å²) in [4.78, 5) is 0. The van der Waals surface area contributed by atoms with E-state index in [1.54, 1.807) is 13.2 Å². The molecular formula is C14H20ClNO2. The van der Waals surface area contributed by atoms with Gasteiger partial charge in [0.2, 0.25) is 0 Å². The molecule has 100 valence electrons. The van der Waals surface area contributed by atoms with Gasteiger partial charge in [-0.05, 0) is 49.8 Å². The van der Waals surface area contributed by atoms with Crippen LogP contribution in [-0.2, 0) is 0 Å². The number of rotatable bonds is 3. The van der Waals surface area contributed by atoms with Crippen molar-refractivity contribution in [2.24, 2.45) is 11.7 Å². The van der Waals surface area contributed by atoms with E-state index in [1.807, 2.05) is 12.1 Å². The third-order valence-electron chi connectivity index (χ3n) is 3.80. The number of ether oxygens (including phenoxy) is 1. The highest BCUT2D eigenvalue weighted by Crippen LogP contribution is 2.37. The quantitative estimate of drug-likeness (QED) is 0.887. The highest BCUT2D eigenvalue weighted by molar-refractivity contribution is 6.30. The topological polar surface area (TPSA) is 55.5 Å². The van der Waals surface area contributed by atoms with Crippen molar-refractivity contribution in [2.75, 3.05) is 7.11 Å². The summed E-state index contributed by atoms with van der Waals surface area (Å²) in [6.45, 7) is 0. The zero-order valence-corrected chi connectivity index (χ0v) is 11.4. The molecule has 1 aromatic rings. The van der Waals surface area contributed by atoms with Crippen LogP contribution in [0.3, 0.4) is 0 Å². The maximum Gasteiger partial charge on any atom is 0.123 e. The Morgan fingerprint density at radius 3 is 2.61 bits per heavy atom. The molecule has 0 aromatic heterocycles. The molecule has 3 N–H and O–H groups in total. The van der Waals surface area contributed by atoms with Crippen molar-refractivity contribution in [3.8, 4) is 5.75 Å². The van der Waals surface area contributed by atoms with E-state index < -0.39 is 0 Å². The van der Waals surface area contributed by atoms with Crippen LogP contribution in [0.4, 0.5) is 0 Å². The molecule has 1 aliphatic carbocycles. The van der Waals surface area contributed by atoms with E-state index in [2.05, 4.69) is 0 Å². The van der Waals surface area contributed by atoms with Gasteiger partial charge in [-0.2, -0.15) is 0 Å². The first-order valence-corrected chi connectivity index (χ1v) is 6.76. The molecule has 0 amide bonds. The maximum atomic E-state index is 9.54. The van der Waals surface area contributed by atoms with Gasteiger partial charge in [0.25, 0.3) is 0 Å². The minimum Gasteiger partial charge on any atom is -0.496 e. The van der Waals surface area contributed by atoms with E-state index in [0.717, 1.165) is 37.0 Å². The highest BCUT2D eigenvalue weighted by Gasteiger charge is 2.27. The van der Waals surface area contributed by atoms with Gasteiger partial charge in [-0.15, -0.1) is 0 Å². The Bertz CT molecular complexity index is 403. The third kappa shape index (κ3) is 2.97. The van der Waals surface area contributed by atoms with Crippen molar-refractivity contribution in [1.82, 2.24) is 0 Å². The number of benzene rings is 1. The number of aliphatic hydroxyl groups excluding tert-OH is 1. The standard InChI is InChI=1S/C14H20ClNO2/c1-18-13-7-4-10(15)8-12(13)14(16)9-2-5-11(17)6-3-9/h4,7-9,11,14,17H,2-3,5-6,16H2,1H3. The molecule has 1 saturated carbocycles. The SMILES string of the molecule is COc1ccc(Cl)cc1C(N)C1CCC(O)CC1. The largest absolute Gasteiger partial charge is 0.496 e. The molecule has 18 heavy (non-hydrogen) atoms. The summed E-state index contributed by atoms with van der Waals surface area (Å²) >= 11 is 6.03. The molecule has 1 aromatic carbocycles. The minimum absolute atomic E-state index is 0.0776. The summed E-state index contributed by atoms with van der Waals surface area (Å²) in [6, 6.07) is 5.47. The number of hydrogen-bond acceptors (Lipinski definition) is 3. The molecule has 3 nitrogen and oxygen atoms in total. The van der Waals surface area contributed by atoms with E-state index in [-0.39, 0.29) is 12.1 Å². The van der Waals surface area contributed by atoms with Gasteiger partial charge in [-0.3, -0.25) is 0 Å². The zero-order chi connectivity index (χ0) is 13.1. The first-order valence-electron chi connectivity index (χ1n) is 6.39. The Labute approximate surface area is 113 Å². The van der Waals surface area contributed by atoms with Gasteiger partial charge in [0.15, 0.2) is 0 Å². The molecule has 1 atom stereocenters. The van der Waals surface area contributed by atoms with Gasteiger partial charge in [-0.1, -0.05) is 11.6 Å². The van der Waals surface area contributed by atoms with Crippen molar-refractivity contribution in [3.63, 3.8) is 0 Å². The van der Waals surface area contributed by atoms with Crippen molar-refractivity contribution in [3.05, 3.63) is 28.8 Å². The van der Waals surface area contributed by atoms with Crippen LogP contribution in [0.25, 0.3) is 0 Å². The van der Waals surface area contributed by atoms with E-state index in [4.69, 9.17) is 22.1 Å². The van der Waals surface area contributed by atoms with Crippen LogP contribution >= 0.6 is 11.6 Å². The lowest BCUT2D eigenvalue weighted by molar-refractivity contribution is 0.101. The molecule has 0 heterocycles. The van der Waals surface area contributed by atoms with Crippen LogP contribution < -0.4 is 10.5 Å². The fourth-order valence-electron chi connectivity index (χ4n) is 2.68. The maximum absolute atomic E-state index is 9.54. The number of methoxy groups -OCH3 is 1. The van der Waals surface area contributed by atoms with Crippen molar-refractivity contribution >= 4 is 11.6 Å². The van der Waals surface area contributed by atoms with Crippen LogP contribution in [0, 0.1) is 5.92 Å². The summed E-state index contributed by atoms with van der Waals surface area (Å²) in [7, 11) is 1.64. The van der Waals surface area contributed by atoms with Crippen molar-refractivity contribution in [2.45, 2.75) is 37.8 Å². The second kappa shape index (κ2) is 5.91. The van der Waals surface area contributed by atoms with Gasteiger partial charge >= 0.3 is 0 Å². The Kier molecular flexibility index (Phi) is 4.49. The normalized spacial score (nSPS) is 25.8. The predicted octanol–water partition coefficient (Wildman–Crippen LogP) is 2.90.